The molecule has 0 aliphatic heterocycles. The Balaban J connectivity index is 0.814. The van der Waals surface area contributed by atoms with Crippen LogP contribution < -0.4 is 0 Å². The van der Waals surface area contributed by atoms with Crippen LogP contribution in [-0.4, -0.2) is 28.7 Å². The molecule has 0 fully saturated rings. The molecule has 0 unspecified atom stereocenters. The Hall–Kier alpha value is -11.0. The molecule has 0 atom stereocenters. The number of para-hydroxylation sites is 2. The summed E-state index contributed by atoms with van der Waals surface area (Å²) in [4.78, 5) is 16.0. The normalized spacial score (nSPS) is 13.7. The van der Waals surface area contributed by atoms with E-state index in [1.807, 2.05) is 36.4 Å². The summed E-state index contributed by atoms with van der Waals surface area (Å²) in [5.41, 5.74) is 25.9. The van der Waals surface area contributed by atoms with Crippen LogP contribution in [0.5, 0.6) is 0 Å². The molecular formula is C81H56N6. The van der Waals surface area contributed by atoms with E-state index in [4.69, 9.17) is 15.0 Å². The fraction of sp³-hybridized carbons (Fsp3) is 0.0741. The molecule has 0 spiro atoms. The van der Waals surface area contributed by atoms with Crippen molar-refractivity contribution in [3.63, 3.8) is 0 Å². The van der Waals surface area contributed by atoms with E-state index in [1.165, 1.54) is 99.5 Å². The van der Waals surface area contributed by atoms with Gasteiger partial charge in [-0.3, -0.25) is 4.57 Å². The Morgan fingerprint density at radius 1 is 0.241 bits per heavy atom. The molecule has 87 heavy (non-hydrogen) atoms. The zero-order valence-electron chi connectivity index (χ0n) is 48.6. The largest absolute Gasteiger partial charge is 0.309 e. The Bertz CT molecular complexity index is 5240. The smallest absolute Gasteiger partial charge is 0.238 e. The van der Waals surface area contributed by atoms with Gasteiger partial charge >= 0.3 is 0 Å². The predicted octanol–water partition coefficient (Wildman–Crippen LogP) is 20.4. The van der Waals surface area contributed by atoms with Crippen LogP contribution in [0.3, 0.4) is 0 Å². The Morgan fingerprint density at radius 3 is 1.08 bits per heavy atom. The summed E-state index contributed by atoms with van der Waals surface area (Å²) in [6.45, 7) is 9.43. The van der Waals surface area contributed by atoms with E-state index < -0.39 is 0 Å². The highest BCUT2D eigenvalue weighted by atomic mass is 15.2. The molecule has 6 heteroatoms. The van der Waals surface area contributed by atoms with Gasteiger partial charge in [0.1, 0.15) is 0 Å². The van der Waals surface area contributed by atoms with E-state index in [0.29, 0.717) is 17.6 Å². The average molecular weight is 1110 g/mol. The van der Waals surface area contributed by atoms with Crippen molar-refractivity contribution in [2.45, 2.75) is 38.5 Å². The summed E-state index contributed by atoms with van der Waals surface area (Å²) in [5.74, 6) is 1.77. The summed E-state index contributed by atoms with van der Waals surface area (Å²) in [7, 11) is 0. The number of hydrogen-bond donors (Lipinski definition) is 0. The number of aromatic nitrogens is 6. The van der Waals surface area contributed by atoms with Crippen molar-refractivity contribution in [3.8, 4) is 84.6 Å². The van der Waals surface area contributed by atoms with E-state index in [2.05, 4.69) is 272 Å². The summed E-state index contributed by atoms with van der Waals surface area (Å²) in [6, 6.07) is 97.9. The third kappa shape index (κ3) is 7.25. The van der Waals surface area contributed by atoms with E-state index in [1.54, 1.807) is 0 Å². The summed E-state index contributed by atoms with van der Waals surface area (Å²) in [6.07, 6.45) is 0. The van der Waals surface area contributed by atoms with Crippen molar-refractivity contribution in [2.75, 3.05) is 0 Å². The van der Waals surface area contributed by atoms with Gasteiger partial charge in [0.05, 0.1) is 33.1 Å². The van der Waals surface area contributed by atoms with Crippen LogP contribution >= 0.6 is 0 Å². The molecule has 12 aromatic carbocycles. The molecule has 4 aromatic heterocycles. The maximum absolute atomic E-state index is 5.41. The topological polar surface area (TPSA) is 53.5 Å². The average Bonchev–Trinajstić information content (AvgIpc) is 1.66. The molecule has 0 radical (unpaired) electrons. The van der Waals surface area contributed by atoms with Gasteiger partial charge in [0, 0.05) is 65.6 Å². The Labute approximate surface area is 503 Å². The van der Waals surface area contributed by atoms with Gasteiger partial charge in [-0.15, -0.1) is 0 Å². The lowest BCUT2D eigenvalue weighted by atomic mass is 9.82. The summed E-state index contributed by atoms with van der Waals surface area (Å²) >= 11 is 0. The molecular weight excluding hydrogens is 1060 g/mol. The SMILES string of the molecule is CC1(C)c2ccccc2-c2ccc(-n3c4ccccc4c4cc(-c5ccc6c7ccc(-c8ccc9c(c8)c8ccccc8n9-c8ccc9c(c8)C(C)(C)c8ccccc8-9)cc7n(-c7nc(-c8ccccc8)nc(-c8ccccc8)n7)c6c5)ccc43)cc21. The minimum atomic E-state index is -0.114. The Morgan fingerprint density at radius 2 is 0.609 bits per heavy atom. The van der Waals surface area contributed by atoms with E-state index in [-0.39, 0.29) is 10.8 Å². The van der Waals surface area contributed by atoms with Gasteiger partial charge in [-0.2, -0.15) is 9.97 Å². The van der Waals surface area contributed by atoms with Gasteiger partial charge in [-0.1, -0.05) is 222 Å². The van der Waals surface area contributed by atoms with Gasteiger partial charge in [-0.05, 0) is 140 Å². The number of nitrogens with zero attached hydrogens (tertiary/aromatic N) is 6. The van der Waals surface area contributed by atoms with Gasteiger partial charge in [-0.25, -0.2) is 4.98 Å². The number of benzene rings is 12. The molecule has 4 heterocycles. The molecule has 6 nitrogen and oxygen atoms in total. The molecule has 2 aliphatic carbocycles. The third-order valence-corrected chi connectivity index (χ3v) is 19.3. The van der Waals surface area contributed by atoms with Gasteiger partial charge in [0.15, 0.2) is 11.6 Å². The van der Waals surface area contributed by atoms with Gasteiger partial charge in [0.25, 0.3) is 0 Å². The molecule has 0 saturated heterocycles. The second kappa shape index (κ2) is 18.3. The second-order valence-electron chi connectivity index (χ2n) is 24.8. The zero-order valence-corrected chi connectivity index (χ0v) is 48.6. The summed E-state index contributed by atoms with van der Waals surface area (Å²) in [5, 5.41) is 7.07. The zero-order chi connectivity index (χ0) is 57.9. The maximum atomic E-state index is 5.41. The minimum absolute atomic E-state index is 0.114. The predicted molar refractivity (Wildman–Crippen MR) is 360 cm³/mol. The molecule has 0 bridgehead atoms. The molecule has 16 aromatic rings. The fourth-order valence-corrected chi connectivity index (χ4v) is 15.0. The standard InChI is InChI=1S/C81H56N6/c1-80(2)67-27-15-11-23-57(67)59-39-35-55(47-69(59)80)85-71-29-17-13-25-61(71)65-43-51(33-41-73(65)85)53-31-37-63-64-38-32-54(46-76(64)87(75(63)45-53)79-83-77(49-19-7-5-8-20-49)82-78(84-79)50-21-9-6-10-22-50)52-34-42-74-66(44-52)62-26-14-18-30-72(62)86(74)56-36-40-60-58-24-12-16-28-68(58)81(3,4)70(60)48-56/h5-48H,1-4H3. The van der Waals surface area contributed by atoms with Crippen molar-refractivity contribution in [1.29, 1.82) is 0 Å². The monoisotopic (exact) mass is 1110 g/mol. The lowest BCUT2D eigenvalue weighted by molar-refractivity contribution is 0.660. The maximum Gasteiger partial charge on any atom is 0.238 e. The lowest BCUT2D eigenvalue weighted by Gasteiger charge is -2.22. The number of rotatable bonds is 7. The van der Waals surface area contributed by atoms with Crippen molar-refractivity contribution in [3.05, 3.63) is 289 Å². The number of hydrogen-bond acceptors (Lipinski definition) is 3. The molecule has 0 saturated carbocycles. The van der Waals surface area contributed by atoms with Gasteiger partial charge in [0.2, 0.25) is 5.95 Å². The molecule has 18 rings (SSSR count). The second-order valence-corrected chi connectivity index (χ2v) is 24.8. The van der Waals surface area contributed by atoms with Crippen LogP contribution in [0.2, 0.25) is 0 Å². The highest BCUT2D eigenvalue weighted by Crippen LogP contribution is 2.52. The highest BCUT2D eigenvalue weighted by Gasteiger charge is 2.37. The molecule has 0 amide bonds. The van der Waals surface area contributed by atoms with E-state index in [9.17, 15) is 0 Å². The van der Waals surface area contributed by atoms with Crippen molar-refractivity contribution >= 4 is 65.4 Å². The fourth-order valence-electron chi connectivity index (χ4n) is 15.0. The lowest BCUT2D eigenvalue weighted by Crippen LogP contribution is -2.15. The van der Waals surface area contributed by atoms with Crippen LogP contribution in [0, 0.1) is 0 Å². The third-order valence-electron chi connectivity index (χ3n) is 19.3. The highest BCUT2D eigenvalue weighted by molar-refractivity contribution is 6.14. The van der Waals surface area contributed by atoms with E-state index in [0.717, 1.165) is 55.2 Å². The Kier molecular flexibility index (Phi) is 10.4. The van der Waals surface area contributed by atoms with Crippen LogP contribution in [0.4, 0.5) is 0 Å². The minimum Gasteiger partial charge on any atom is -0.309 e. The van der Waals surface area contributed by atoms with Crippen LogP contribution in [-0.2, 0) is 10.8 Å². The molecule has 2 aliphatic rings. The first-order valence-corrected chi connectivity index (χ1v) is 30.2. The quantitative estimate of drug-likeness (QED) is 0.160. The van der Waals surface area contributed by atoms with Crippen LogP contribution in [0.25, 0.3) is 150 Å². The molecule has 410 valence electrons. The molecule has 0 N–H and O–H groups in total. The first kappa shape index (κ1) is 49.5. The van der Waals surface area contributed by atoms with Crippen molar-refractivity contribution in [2.24, 2.45) is 0 Å². The van der Waals surface area contributed by atoms with Crippen molar-refractivity contribution < 1.29 is 0 Å². The van der Waals surface area contributed by atoms with Crippen LogP contribution in [0.15, 0.2) is 267 Å². The number of fused-ring (bicyclic) bond motifs is 15. The first-order valence-electron chi connectivity index (χ1n) is 30.2. The van der Waals surface area contributed by atoms with Gasteiger partial charge < -0.3 is 9.13 Å². The van der Waals surface area contributed by atoms with Crippen molar-refractivity contribution in [1.82, 2.24) is 28.7 Å². The van der Waals surface area contributed by atoms with E-state index >= 15 is 0 Å². The first-order chi connectivity index (χ1) is 42.6. The summed E-state index contributed by atoms with van der Waals surface area (Å²) < 4.78 is 7.17. The van der Waals surface area contributed by atoms with Crippen LogP contribution in [0.1, 0.15) is 49.9 Å².